The summed E-state index contributed by atoms with van der Waals surface area (Å²) in [6.45, 7) is 3.40. The highest BCUT2D eigenvalue weighted by molar-refractivity contribution is 8.00. The minimum absolute atomic E-state index is 0.252. The van der Waals surface area contributed by atoms with Crippen LogP contribution < -0.4 is 0 Å². The molecule has 5 nitrogen and oxygen atoms in total. The van der Waals surface area contributed by atoms with Crippen LogP contribution in [0.3, 0.4) is 0 Å². The van der Waals surface area contributed by atoms with E-state index in [9.17, 15) is 15.3 Å². The van der Waals surface area contributed by atoms with Gasteiger partial charge in [0.1, 0.15) is 29.9 Å². The molecule has 4 N–H and O–H groups in total. The lowest BCUT2D eigenvalue weighted by Crippen LogP contribution is -2.40. The molecule has 0 amide bonds. The first kappa shape index (κ1) is 13.2. The van der Waals surface area contributed by atoms with Crippen molar-refractivity contribution in [3.05, 3.63) is 0 Å². The van der Waals surface area contributed by atoms with Gasteiger partial charge in [0.25, 0.3) is 0 Å². The van der Waals surface area contributed by atoms with Gasteiger partial charge < -0.3 is 25.2 Å². The van der Waals surface area contributed by atoms with E-state index in [1.807, 2.05) is 13.8 Å². The summed E-state index contributed by atoms with van der Waals surface area (Å²) in [5, 5.41) is 37.5. The number of aliphatic hydroxyl groups excluding tert-OH is 4. The molecule has 0 aliphatic carbocycles. The fraction of sp³-hybridized carbons (Fsp3) is 1.00. The van der Waals surface area contributed by atoms with E-state index < -0.39 is 36.5 Å². The molecule has 0 spiro atoms. The second kappa shape index (κ2) is 5.47. The smallest absolute Gasteiger partial charge is 0.132 e. The lowest BCUT2D eigenvalue weighted by Gasteiger charge is -2.18. The van der Waals surface area contributed by atoms with Gasteiger partial charge in [0.2, 0.25) is 0 Å². The summed E-state index contributed by atoms with van der Waals surface area (Å²) < 4.78 is 5.30. The fourth-order valence-electron chi connectivity index (χ4n) is 1.47. The van der Waals surface area contributed by atoms with Gasteiger partial charge in [-0.15, -0.1) is 11.8 Å². The molecule has 0 aromatic carbocycles. The minimum atomic E-state index is -1.16. The molecule has 1 aliphatic rings. The molecule has 0 saturated carbocycles. The molecule has 1 rings (SSSR count). The third-order valence-electron chi connectivity index (χ3n) is 2.23. The van der Waals surface area contributed by atoms with Crippen LogP contribution in [0, 0.1) is 0 Å². The highest BCUT2D eigenvalue weighted by atomic mass is 32.2. The zero-order valence-corrected chi connectivity index (χ0v) is 9.59. The molecule has 1 aliphatic heterocycles. The van der Waals surface area contributed by atoms with Crippen molar-refractivity contribution in [3.8, 4) is 0 Å². The van der Waals surface area contributed by atoms with Crippen molar-refractivity contribution >= 4 is 11.8 Å². The molecule has 0 aromatic heterocycles. The Morgan fingerprint density at radius 1 is 1.27 bits per heavy atom. The Morgan fingerprint density at radius 3 is 2.33 bits per heavy atom. The van der Waals surface area contributed by atoms with Crippen LogP contribution >= 0.6 is 11.8 Å². The molecule has 1 fully saturated rings. The molecule has 1 saturated heterocycles. The zero-order chi connectivity index (χ0) is 11.6. The van der Waals surface area contributed by atoms with E-state index in [0.717, 1.165) is 0 Å². The average molecular weight is 238 g/mol. The molecular weight excluding hydrogens is 220 g/mol. The van der Waals surface area contributed by atoms with Crippen LogP contribution in [-0.2, 0) is 4.74 Å². The van der Waals surface area contributed by atoms with Gasteiger partial charge in [0, 0.05) is 5.25 Å². The summed E-state index contributed by atoms with van der Waals surface area (Å²) in [6, 6.07) is 0. The largest absolute Gasteiger partial charge is 0.394 e. The van der Waals surface area contributed by atoms with Crippen molar-refractivity contribution in [2.24, 2.45) is 0 Å². The predicted octanol–water partition coefficient (Wildman–Crippen LogP) is -1.07. The Balaban J connectivity index is 2.59. The summed E-state index contributed by atoms with van der Waals surface area (Å²) >= 11 is 1.38. The molecule has 5 atom stereocenters. The van der Waals surface area contributed by atoms with Crippen molar-refractivity contribution in [2.45, 2.75) is 48.9 Å². The summed E-state index contributed by atoms with van der Waals surface area (Å²) in [5.41, 5.74) is -0.550. The van der Waals surface area contributed by atoms with Crippen LogP contribution in [-0.4, -0.2) is 62.1 Å². The molecule has 1 unspecified atom stereocenters. The van der Waals surface area contributed by atoms with Crippen LogP contribution in [0.2, 0.25) is 0 Å². The minimum Gasteiger partial charge on any atom is -0.394 e. The van der Waals surface area contributed by atoms with Gasteiger partial charge >= 0.3 is 0 Å². The van der Waals surface area contributed by atoms with Crippen molar-refractivity contribution in [2.75, 3.05) is 6.61 Å². The number of hydrogen-bond donors (Lipinski definition) is 4. The van der Waals surface area contributed by atoms with Crippen molar-refractivity contribution < 1.29 is 25.2 Å². The van der Waals surface area contributed by atoms with Gasteiger partial charge in [-0.3, -0.25) is 0 Å². The lowest BCUT2D eigenvalue weighted by molar-refractivity contribution is -0.0713. The molecule has 0 radical (unpaired) electrons. The maximum absolute atomic E-state index is 9.63. The summed E-state index contributed by atoms with van der Waals surface area (Å²) in [5.74, 6) is 0. The number of ether oxygens (including phenoxy) is 1. The first-order valence-corrected chi connectivity index (χ1v) is 5.87. The Hall–Kier alpha value is 0.150. The molecule has 6 heteroatoms. The van der Waals surface area contributed by atoms with Gasteiger partial charge in [-0.05, 0) is 0 Å². The first-order valence-electron chi connectivity index (χ1n) is 4.93. The van der Waals surface area contributed by atoms with E-state index in [1.54, 1.807) is 0 Å². The molecule has 15 heavy (non-hydrogen) atoms. The van der Waals surface area contributed by atoms with Gasteiger partial charge in [-0.1, -0.05) is 13.8 Å². The number of aliphatic hydroxyl groups is 4. The van der Waals surface area contributed by atoms with Crippen LogP contribution in [0.25, 0.3) is 0 Å². The summed E-state index contributed by atoms with van der Waals surface area (Å²) in [6.07, 6.45) is -4.25. The van der Waals surface area contributed by atoms with Crippen molar-refractivity contribution in [3.63, 3.8) is 0 Å². The number of hydrogen-bond acceptors (Lipinski definition) is 6. The Kier molecular flexibility index (Phi) is 4.82. The van der Waals surface area contributed by atoms with E-state index in [0.29, 0.717) is 0 Å². The third-order valence-corrected chi connectivity index (χ3v) is 3.43. The normalized spacial score (nSPS) is 38.6. The molecule has 0 aromatic rings. The lowest BCUT2D eigenvalue weighted by atomic mass is 10.1. The van der Waals surface area contributed by atoms with Gasteiger partial charge in [-0.25, -0.2) is 0 Å². The molecule has 90 valence electrons. The van der Waals surface area contributed by atoms with Gasteiger partial charge in [-0.2, -0.15) is 0 Å². The van der Waals surface area contributed by atoms with Gasteiger partial charge in [0.15, 0.2) is 0 Å². The van der Waals surface area contributed by atoms with Crippen LogP contribution in [0.4, 0.5) is 0 Å². The SMILES string of the molecule is CC(C)SC1O[C@@H]([C@H](O)CO)[C@H](O)[C@H]1O. The molecule has 0 bridgehead atoms. The van der Waals surface area contributed by atoms with Crippen LogP contribution in [0.15, 0.2) is 0 Å². The van der Waals surface area contributed by atoms with E-state index in [2.05, 4.69) is 0 Å². The van der Waals surface area contributed by atoms with E-state index in [-0.39, 0.29) is 5.25 Å². The van der Waals surface area contributed by atoms with Crippen LogP contribution in [0.1, 0.15) is 13.8 Å². The topological polar surface area (TPSA) is 90.2 Å². The monoisotopic (exact) mass is 238 g/mol. The average Bonchev–Trinajstić information content (AvgIpc) is 2.44. The van der Waals surface area contributed by atoms with Crippen molar-refractivity contribution in [1.29, 1.82) is 0 Å². The summed E-state index contributed by atoms with van der Waals surface area (Å²) in [7, 11) is 0. The second-order valence-electron chi connectivity index (χ2n) is 3.89. The fourth-order valence-corrected chi connectivity index (χ4v) is 2.53. The third kappa shape index (κ3) is 3.05. The Morgan fingerprint density at radius 2 is 1.87 bits per heavy atom. The molecular formula is C9H18O5S. The highest BCUT2D eigenvalue weighted by Crippen LogP contribution is 2.32. The van der Waals surface area contributed by atoms with Crippen LogP contribution in [0.5, 0.6) is 0 Å². The van der Waals surface area contributed by atoms with Gasteiger partial charge in [0.05, 0.1) is 6.61 Å². The standard InChI is InChI=1S/C9H18O5S/c1-4(2)15-9-7(13)6(12)8(14-9)5(11)3-10/h4-13H,3H2,1-2H3/t5-,6-,7-,8+,9?/m1/s1. The Bertz CT molecular complexity index is 201. The zero-order valence-electron chi connectivity index (χ0n) is 8.78. The van der Waals surface area contributed by atoms with E-state index in [1.165, 1.54) is 11.8 Å². The predicted molar refractivity (Wildman–Crippen MR) is 56.5 cm³/mol. The highest BCUT2D eigenvalue weighted by Gasteiger charge is 2.46. The Labute approximate surface area is 93.1 Å². The quantitative estimate of drug-likeness (QED) is 0.498. The number of rotatable bonds is 4. The maximum Gasteiger partial charge on any atom is 0.132 e. The second-order valence-corrected chi connectivity index (χ2v) is 5.56. The molecule has 1 heterocycles. The van der Waals surface area contributed by atoms with E-state index in [4.69, 9.17) is 9.84 Å². The summed E-state index contributed by atoms with van der Waals surface area (Å²) in [4.78, 5) is 0. The number of thioether (sulfide) groups is 1. The van der Waals surface area contributed by atoms with E-state index >= 15 is 0 Å². The van der Waals surface area contributed by atoms with Crippen molar-refractivity contribution in [1.82, 2.24) is 0 Å². The first-order chi connectivity index (χ1) is 6.97. The maximum atomic E-state index is 9.63.